The van der Waals surface area contributed by atoms with Gasteiger partial charge in [0.25, 0.3) is 11.1 Å². The molecule has 0 saturated heterocycles. The number of aromatic nitrogens is 1. The molecule has 1 N–H and O–H groups in total. The van der Waals surface area contributed by atoms with E-state index in [9.17, 15) is 23.2 Å². The Kier molecular flexibility index (Phi) is 5.16. The molecule has 0 unspecified atom stereocenters. The Bertz CT molecular complexity index is 816. The number of halogens is 2. The maximum Gasteiger partial charge on any atom is 0.304 e. The maximum absolute atomic E-state index is 14.4. The second-order valence-electron chi connectivity index (χ2n) is 4.33. The molecular formula is C13H9F2N3O3S2. The first-order valence-corrected chi connectivity index (χ1v) is 6.97. The maximum atomic E-state index is 14.4. The smallest absolute Gasteiger partial charge is 0.272 e. The number of hydrogen-bond acceptors (Lipinski definition) is 4. The molecule has 0 radical (unpaired) electrons. The first-order chi connectivity index (χ1) is 10.8. The van der Waals surface area contributed by atoms with E-state index in [0.29, 0.717) is 0 Å². The summed E-state index contributed by atoms with van der Waals surface area (Å²) < 4.78 is 28.4. The highest BCUT2D eigenvalue weighted by Crippen LogP contribution is 2.23. The van der Waals surface area contributed by atoms with Crippen molar-refractivity contribution in [2.24, 2.45) is 0 Å². The van der Waals surface area contributed by atoms with Gasteiger partial charge in [-0.15, -0.1) is 0 Å². The Morgan fingerprint density at radius 1 is 1.26 bits per heavy atom. The lowest BCUT2D eigenvalue weighted by Gasteiger charge is -2.18. The van der Waals surface area contributed by atoms with Crippen LogP contribution in [-0.2, 0) is 11.2 Å². The van der Waals surface area contributed by atoms with Gasteiger partial charge in [-0.05, 0) is 12.1 Å². The molecule has 23 heavy (non-hydrogen) atoms. The number of amides is 3. The van der Waals surface area contributed by atoms with Crippen LogP contribution in [0.3, 0.4) is 0 Å². The number of fused-ring (bicyclic) bond motifs is 1. The van der Waals surface area contributed by atoms with Gasteiger partial charge >= 0.3 is 5.24 Å². The first-order valence-electron chi connectivity index (χ1n) is 6.08. The van der Waals surface area contributed by atoms with Gasteiger partial charge in [0.15, 0.2) is 0 Å². The van der Waals surface area contributed by atoms with Crippen molar-refractivity contribution in [1.29, 1.82) is 0 Å². The van der Waals surface area contributed by atoms with Crippen molar-refractivity contribution in [2.45, 2.75) is 6.42 Å². The molecule has 0 atom stereocenters. The molecule has 3 amide bonds. The molecule has 2 rings (SSSR count). The monoisotopic (exact) mass is 357 g/mol. The number of hydrazine groups is 1. The van der Waals surface area contributed by atoms with Crippen LogP contribution in [-0.4, -0.2) is 26.4 Å². The summed E-state index contributed by atoms with van der Waals surface area (Å²) in [4.78, 5) is 37.9. The van der Waals surface area contributed by atoms with Crippen LogP contribution in [0.5, 0.6) is 0 Å². The molecule has 0 spiro atoms. The number of benzene rings is 1. The van der Waals surface area contributed by atoms with Crippen molar-refractivity contribution >= 4 is 52.5 Å². The third kappa shape index (κ3) is 3.77. The van der Waals surface area contributed by atoms with Crippen LogP contribution in [0.4, 0.5) is 18.4 Å². The fourth-order valence-electron chi connectivity index (χ4n) is 1.90. The van der Waals surface area contributed by atoms with E-state index in [4.69, 9.17) is 0 Å². The number of carbonyl (C=O) groups is 3. The van der Waals surface area contributed by atoms with Gasteiger partial charge in [0, 0.05) is 23.2 Å². The molecule has 0 aliphatic carbocycles. The zero-order valence-electron chi connectivity index (χ0n) is 11.3. The average Bonchev–Trinajstić information content (AvgIpc) is 2.48. The second-order valence-corrected chi connectivity index (χ2v) is 5.12. The number of nitrogens with one attached hydrogen (secondary N) is 1. The number of hydrogen-bond donors (Lipinski definition) is 3. The van der Waals surface area contributed by atoms with Crippen LogP contribution >= 0.6 is 25.3 Å². The summed E-state index contributed by atoms with van der Waals surface area (Å²) >= 11 is 6.76. The standard InChI is InChI=1S/C13H9F2N3O3S2/c14-8-5-9-6(2-1-3-16-9)11(15)7(8)4-10(19)18(13(21)23)17-12(20)22/h1-3,5H,4H2,(H,21,23)(H2,17,20,22). The van der Waals surface area contributed by atoms with Crippen molar-refractivity contribution in [3.05, 3.63) is 41.6 Å². The van der Waals surface area contributed by atoms with Gasteiger partial charge in [0.2, 0.25) is 0 Å². The topological polar surface area (TPSA) is 79.4 Å². The summed E-state index contributed by atoms with van der Waals surface area (Å²) in [5.41, 5.74) is 1.34. The molecule has 6 nitrogen and oxygen atoms in total. The van der Waals surface area contributed by atoms with Crippen LogP contribution in [0.2, 0.25) is 0 Å². The lowest BCUT2D eigenvalue weighted by Crippen LogP contribution is -2.46. The Morgan fingerprint density at radius 2 is 1.96 bits per heavy atom. The Labute approximate surface area is 139 Å². The van der Waals surface area contributed by atoms with Crippen molar-refractivity contribution in [3.63, 3.8) is 0 Å². The van der Waals surface area contributed by atoms with E-state index in [0.717, 1.165) is 6.07 Å². The van der Waals surface area contributed by atoms with E-state index in [1.54, 1.807) is 5.43 Å². The van der Waals surface area contributed by atoms with Crippen molar-refractivity contribution < 1.29 is 23.2 Å². The van der Waals surface area contributed by atoms with Gasteiger partial charge < -0.3 is 0 Å². The molecule has 10 heteroatoms. The fraction of sp³-hybridized carbons (Fsp3) is 0.0769. The summed E-state index contributed by atoms with van der Waals surface area (Å²) in [6.45, 7) is 0. The molecule has 1 aromatic carbocycles. The number of nitrogens with zero attached hydrogens (tertiary/aromatic N) is 2. The third-order valence-electron chi connectivity index (χ3n) is 2.87. The number of imide groups is 1. The van der Waals surface area contributed by atoms with Crippen molar-refractivity contribution in [1.82, 2.24) is 15.4 Å². The van der Waals surface area contributed by atoms with Gasteiger partial charge in [-0.2, -0.15) is 5.01 Å². The predicted molar refractivity (Wildman–Crippen MR) is 84.1 cm³/mol. The van der Waals surface area contributed by atoms with E-state index >= 15 is 0 Å². The molecule has 0 saturated carbocycles. The first kappa shape index (κ1) is 17.2. The molecule has 0 bridgehead atoms. The Balaban J connectivity index is 2.39. The summed E-state index contributed by atoms with van der Waals surface area (Å²) in [7, 11) is 0. The normalized spacial score (nSPS) is 10.4. The summed E-state index contributed by atoms with van der Waals surface area (Å²) in [5.74, 6) is -3.04. The number of thiol groups is 2. The van der Waals surface area contributed by atoms with E-state index in [1.807, 2.05) is 0 Å². The molecule has 1 aromatic heterocycles. The molecular weight excluding hydrogens is 348 g/mol. The SMILES string of the molecule is O=C(S)NN(C(=O)S)C(=O)Cc1c(F)cc2ncccc2c1F. The molecule has 0 aliphatic heterocycles. The Morgan fingerprint density at radius 3 is 2.57 bits per heavy atom. The fourth-order valence-corrected chi connectivity index (χ4v) is 2.16. The average molecular weight is 357 g/mol. The van der Waals surface area contributed by atoms with Gasteiger partial charge in [-0.25, -0.2) is 14.2 Å². The zero-order chi connectivity index (χ0) is 17.1. The quantitative estimate of drug-likeness (QED) is 0.570. The number of pyridine rings is 1. The largest absolute Gasteiger partial charge is 0.304 e. The summed E-state index contributed by atoms with van der Waals surface area (Å²) in [6.07, 6.45) is 0.568. The highest BCUT2D eigenvalue weighted by Gasteiger charge is 2.24. The van der Waals surface area contributed by atoms with Gasteiger partial charge in [0.05, 0.1) is 11.9 Å². The van der Waals surface area contributed by atoms with E-state index in [2.05, 4.69) is 30.2 Å². The lowest BCUT2D eigenvalue weighted by atomic mass is 10.1. The lowest BCUT2D eigenvalue weighted by molar-refractivity contribution is -0.128. The van der Waals surface area contributed by atoms with Crippen molar-refractivity contribution in [3.8, 4) is 0 Å². The van der Waals surface area contributed by atoms with E-state index in [1.165, 1.54) is 18.3 Å². The van der Waals surface area contributed by atoms with Gasteiger partial charge in [-0.3, -0.25) is 19.4 Å². The predicted octanol–water partition coefficient (Wildman–Crippen LogP) is 2.49. The minimum absolute atomic E-state index is 0.0266. The van der Waals surface area contributed by atoms with Crippen LogP contribution in [0.1, 0.15) is 5.56 Å². The zero-order valence-corrected chi connectivity index (χ0v) is 13.1. The second kappa shape index (κ2) is 6.92. The number of rotatable bonds is 2. The third-order valence-corrected chi connectivity index (χ3v) is 3.17. The minimum Gasteiger partial charge on any atom is -0.272 e. The molecule has 0 aliphatic rings. The van der Waals surface area contributed by atoms with E-state index in [-0.39, 0.29) is 15.9 Å². The number of carbonyl (C=O) groups excluding carboxylic acids is 3. The van der Waals surface area contributed by atoms with Crippen LogP contribution in [0.15, 0.2) is 24.4 Å². The van der Waals surface area contributed by atoms with Gasteiger partial charge in [-0.1, -0.05) is 25.3 Å². The van der Waals surface area contributed by atoms with Crippen LogP contribution in [0, 0.1) is 11.6 Å². The summed E-state index contributed by atoms with van der Waals surface area (Å²) in [5, 5.41) is -1.89. The molecule has 2 aromatic rings. The Hall–Kier alpha value is -2.20. The summed E-state index contributed by atoms with van der Waals surface area (Å²) in [6, 6.07) is 3.81. The minimum atomic E-state index is -1.12. The molecule has 120 valence electrons. The highest BCUT2D eigenvalue weighted by molar-refractivity contribution is 7.97. The van der Waals surface area contributed by atoms with Crippen molar-refractivity contribution in [2.75, 3.05) is 0 Å². The molecule has 0 fully saturated rings. The van der Waals surface area contributed by atoms with E-state index < -0.39 is 40.0 Å². The molecule has 1 heterocycles. The highest BCUT2D eigenvalue weighted by atomic mass is 32.1. The van der Waals surface area contributed by atoms with Crippen LogP contribution < -0.4 is 5.43 Å². The van der Waals surface area contributed by atoms with Crippen LogP contribution in [0.25, 0.3) is 10.9 Å². The van der Waals surface area contributed by atoms with Gasteiger partial charge in [0.1, 0.15) is 11.6 Å².